The van der Waals surface area contributed by atoms with Crippen LogP contribution >= 0.6 is 0 Å². The Balaban J connectivity index is 1.67. The van der Waals surface area contributed by atoms with E-state index in [0.29, 0.717) is 11.8 Å². The number of aliphatic hydroxyl groups is 1. The summed E-state index contributed by atoms with van der Waals surface area (Å²) in [5, 5.41) is 12.3. The Kier molecular flexibility index (Phi) is 4.11. The summed E-state index contributed by atoms with van der Waals surface area (Å²) in [6, 6.07) is 4.40. The summed E-state index contributed by atoms with van der Waals surface area (Å²) in [5.41, 5.74) is 0.954. The van der Waals surface area contributed by atoms with Gasteiger partial charge in [-0.15, -0.1) is 0 Å². The van der Waals surface area contributed by atoms with Crippen LogP contribution in [0.5, 0.6) is 11.5 Å². The van der Waals surface area contributed by atoms with Gasteiger partial charge in [-0.3, -0.25) is 0 Å². The quantitative estimate of drug-likeness (QED) is 0.637. The lowest BCUT2D eigenvalue weighted by atomic mass is 9.35. The summed E-state index contributed by atoms with van der Waals surface area (Å²) < 4.78 is 19.5. The third kappa shape index (κ3) is 2.03. The molecule has 6 rings (SSSR count). The van der Waals surface area contributed by atoms with Crippen molar-refractivity contribution >= 4 is 0 Å². The predicted molar refractivity (Wildman–Crippen MR) is 129 cm³/mol. The van der Waals surface area contributed by atoms with Gasteiger partial charge in [-0.1, -0.05) is 40.7 Å². The van der Waals surface area contributed by atoms with Crippen molar-refractivity contribution in [3.05, 3.63) is 23.3 Å². The first-order valence-corrected chi connectivity index (χ1v) is 13.1. The van der Waals surface area contributed by atoms with E-state index < -0.39 is 11.2 Å². The maximum absolute atomic E-state index is 12.3. The van der Waals surface area contributed by atoms with Gasteiger partial charge in [0, 0.05) is 23.5 Å². The third-order valence-corrected chi connectivity index (χ3v) is 12.0. The van der Waals surface area contributed by atoms with Crippen LogP contribution in [-0.4, -0.2) is 36.6 Å². The maximum Gasteiger partial charge on any atom is 0.165 e. The van der Waals surface area contributed by atoms with Crippen LogP contribution in [0.3, 0.4) is 0 Å². The molecule has 1 aliphatic heterocycles. The first-order valence-electron chi connectivity index (χ1n) is 13.1. The van der Waals surface area contributed by atoms with Gasteiger partial charge in [0.05, 0.1) is 12.7 Å². The third-order valence-electron chi connectivity index (χ3n) is 12.0. The highest BCUT2D eigenvalue weighted by molar-refractivity contribution is 5.64. The molecule has 3 fully saturated rings. The van der Waals surface area contributed by atoms with Gasteiger partial charge in [-0.25, -0.2) is 0 Å². The van der Waals surface area contributed by atoms with Crippen molar-refractivity contribution in [2.75, 3.05) is 14.2 Å². The normalized spacial score (nSPS) is 46.0. The maximum atomic E-state index is 12.3. The Hall–Kier alpha value is -1.26. The second-order valence-corrected chi connectivity index (χ2v) is 13.3. The van der Waals surface area contributed by atoms with Gasteiger partial charge in [-0.05, 0) is 79.7 Å². The molecule has 0 amide bonds. The molecule has 0 unspecified atom stereocenters. The lowest BCUT2D eigenvalue weighted by molar-refractivity contribution is -0.236. The molecule has 4 aliphatic carbocycles. The average Bonchev–Trinajstić information content (AvgIpc) is 3.32. The topological polar surface area (TPSA) is 47.9 Å². The van der Waals surface area contributed by atoms with Gasteiger partial charge in [0.15, 0.2) is 11.5 Å². The molecule has 1 spiro atoms. The Morgan fingerprint density at radius 3 is 2.48 bits per heavy atom. The monoisotopic (exact) mass is 454 g/mol. The average molecular weight is 455 g/mol. The van der Waals surface area contributed by atoms with Crippen LogP contribution in [0, 0.1) is 28.1 Å². The van der Waals surface area contributed by atoms with Crippen molar-refractivity contribution in [1.29, 1.82) is 0 Å². The molecule has 5 aliphatic rings. The molecular formula is C29H42O4. The second-order valence-electron chi connectivity index (χ2n) is 13.3. The number of rotatable bonds is 4. The molecule has 8 atom stereocenters. The van der Waals surface area contributed by atoms with Crippen LogP contribution in [0.2, 0.25) is 0 Å². The van der Waals surface area contributed by atoms with Gasteiger partial charge in [-0.2, -0.15) is 0 Å². The minimum absolute atomic E-state index is 0.0691. The number of benzene rings is 1. The predicted octanol–water partition coefficient (Wildman–Crippen LogP) is 5.67. The minimum Gasteiger partial charge on any atom is -0.493 e. The van der Waals surface area contributed by atoms with E-state index in [0.717, 1.165) is 43.6 Å². The number of hydrogen-bond acceptors (Lipinski definition) is 4. The first-order chi connectivity index (χ1) is 15.4. The molecule has 182 valence electrons. The van der Waals surface area contributed by atoms with Crippen LogP contribution < -0.4 is 9.47 Å². The van der Waals surface area contributed by atoms with Crippen LogP contribution in [0.15, 0.2) is 12.1 Å². The Morgan fingerprint density at radius 2 is 1.88 bits per heavy atom. The smallest absolute Gasteiger partial charge is 0.165 e. The van der Waals surface area contributed by atoms with Crippen molar-refractivity contribution in [1.82, 2.24) is 0 Å². The second kappa shape index (κ2) is 6.10. The number of fused-ring (bicyclic) bond motifs is 2. The van der Waals surface area contributed by atoms with Crippen molar-refractivity contribution in [2.45, 2.75) is 103 Å². The fourth-order valence-corrected chi connectivity index (χ4v) is 9.90. The van der Waals surface area contributed by atoms with E-state index in [1.807, 2.05) is 7.11 Å². The van der Waals surface area contributed by atoms with E-state index in [4.69, 9.17) is 14.2 Å². The van der Waals surface area contributed by atoms with Crippen molar-refractivity contribution in [3.63, 3.8) is 0 Å². The molecular weight excluding hydrogens is 412 g/mol. The number of ether oxygens (including phenoxy) is 3. The van der Waals surface area contributed by atoms with Crippen molar-refractivity contribution < 1.29 is 19.3 Å². The molecule has 0 radical (unpaired) electrons. The SMILES string of the molecule is CC[C@]12C[C@]3([C@](C)(O)C(C)(C)C)C[C@]3(OC)[C@@H]3Oc4c(OC)ccc5c4[C@@]31CC[C@@H](C)[C@@H]2C5. The zero-order valence-electron chi connectivity index (χ0n) is 21.8. The van der Waals surface area contributed by atoms with E-state index in [1.165, 1.54) is 17.5 Å². The molecule has 4 heteroatoms. The van der Waals surface area contributed by atoms with Crippen LogP contribution in [0.1, 0.15) is 84.8 Å². The van der Waals surface area contributed by atoms with E-state index in [-0.39, 0.29) is 27.8 Å². The van der Waals surface area contributed by atoms with Gasteiger partial charge in [0.2, 0.25) is 0 Å². The fourth-order valence-electron chi connectivity index (χ4n) is 9.90. The standard InChI is InChI=1S/C29H42O4/c1-9-26-15-27(25(6,30)24(3,4)5)16-29(27,32-8)23-28(26)13-12-17(2)19(26)14-18-10-11-20(31-7)22(33-23)21(18)28/h10-11,17,19,23,30H,9,12-16H2,1-8H3/t17-,19+,23-,25-,26-,27-,28+,29+/m1/s1. The van der Waals surface area contributed by atoms with Crippen molar-refractivity contribution in [3.8, 4) is 11.5 Å². The number of methoxy groups -OCH3 is 2. The van der Waals surface area contributed by atoms with Crippen LogP contribution in [0.4, 0.5) is 0 Å². The summed E-state index contributed by atoms with van der Waals surface area (Å²) in [6.07, 6.45) is 6.37. The summed E-state index contributed by atoms with van der Waals surface area (Å²) in [4.78, 5) is 0. The number of hydrogen-bond donors (Lipinski definition) is 1. The summed E-state index contributed by atoms with van der Waals surface area (Å²) in [5.74, 6) is 3.07. The van der Waals surface area contributed by atoms with Crippen LogP contribution in [0.25, 0.3) is 0 Å². The lowest BCUT2D eigenvalue weighted by Gasteiger charge is -2.68. The molecule has 0 aromatic heterocycles. The van der Waals surface area contributed by atoms with Gasteiger partial charge < -0.3 is 19.3 Å². The molecule has 3 saturated carbocycles. The lowest BCUT2D eigenvalue weighted by Crippen LogP contribution is -2.72. The van der Waals surface area contributed by atoms with E-state index in [2.05, 4.69) is 53.7 Å². The Bertz CT molecular complexity index is 1020. The highest BCUT2D eigenvalue weighted by atomic mass is 16.6. The molecule has 1 aromatic carbocycles. The Morgan fingerprint density at radius 1 is 1.15 bits per heavy atom. The molecule has 4 nitrogen and oxygen atoms in total. The fraction of sp³-hybridized carbons (Fsp3) is 0.793. The van der Waals surface area contributed by atoms with Gasteiger partial charge in [0.1, 0.15) is 11.7 Å². The zero-order valence-corrected chi connectivity index (χ0v) is 21.8. The van der Waals surface area contributed by atoms with Crippen molar-refractivity contribution in [2.24, 2.45) is 28.1 Å². The van der Waals surface area contributed by atoms with Crippen LogP contribution in [-0.2, 0) is 16.6 Å². The Labute approximate surface area is 199 Å². The summed E-state index contributed by atoms with van der Waals surface area (Å²) in [7, 11) is 3.60. The van der Waals surface area contributed by atoms with E-state index in [1.54, 1.807) is 7.11 Å². The minimum atomic E-state index is -0.875. The summed E-state index contributed by atoms with van der Waals surface area (Å²) in [6.45, 7) is 13.5. The largest absolute Gasteiger partial charge is 0.493 e. The molecule has 1 heterocycles. The highest BCUT2D eigenvalue weighted by Crippen LogP contribution is 2.86. The first kappa shape index (κ1) is 22.2. The molecule has 1 N–H and O–H groups in total. The van der Waals surface area contributed by atoms with Gasteiger partial charge >= 0.3 is 0 Å². The molecule has 33 heavy (non-hydrogen) atoms. The van der Waals surface area contributed by atoms with E-state index >= 15 is 0 Å². The molecule has 1 aromatic rings. The van der Waals surface area contributed by atoms with E-state index in [9.17, 15) is 5.11 Å². The molecule has 2 bridgehead atoms. The summed E-state index contributed by atoms with van der Waals surface area (Å²) >= 11 is 0. The highest BCUT2D eigenvalue weighted by Gasteiger charge is 2.91. The zero-order chi connectivity index (χ0) is 23.8. The molecule has 0 saturated heterocycles. The van der Waals surface area contributed by atoms with Gasteiger partial charge in [0.25, 0.3) is 0 Å².